The topological polar surface area (TPSA) is 57.8 Å². The number of carbonyl (C=O) groups excluding carboxylic acids is 1. The van der Waals surface area contributed by atoms with Gasteiger partial charge in [-0.2, -0.15) is 0 Å². The van der Waals surface area contributed by atoms with Crippen molar-refractivity contribution in [3.05, 3.63) is 59.2 Å². The van der Waals surface area contributed by atoms with Crippen molar-refractivity contribution in [1.29, 1.82) is 0 Å². The van der Waals surface area contributed by atoms with Crippen molar-refractivity contribution < 1.29 is 9.18 Å². The second-order valence-electron chi connectivity index (χ2n) is 5.36. The number of benzene rings is 1. The van der Waals surface area contributed by atoms with Crippen LogP contribution in [0, 0.1) is 19.7 Å². The summed E-state index contributed by atoms with van der Waals surface area (Å²) in [6.07, 6.45) is 1.87. The minimum absolute atomic E-state index is 0.171. The number of hydrogen-bond donors (Lipinski definition) is 2. The number of anilines is 1. The zero-order valence-electron chi connectivity index (χ0n) is 12.4. The number of rotatable bonds is 3. The summed E-state index contributed by atoms with van der Waals surface area (Å²) in [4.78, 5) is 19.5. The average molecular weight is 297 g/mol. The summed E-state index contributed by atoms with van der Waals surface area (Å²) >= 11 is 0. The van der Waals surface area contributed by atoms with Crippen LogP contribution in [0.5, 0.6) is 0 Å². The third-order valence-corrected chi connectivity index (χ3v) is 3.60. The number of nitrogens with one attached hydrogen (secondary N) is 2. The Morgan fingerprint density at radius 1 is 1.27 bits per heavy atom. The zero-order chi connectivity index (χ0) is 15.7. The number of halogens is 1. The Balaban J connectivity index is 1.83. The Morgan fingerprint density at radius 3 is 2.82 bits per heavy atom. The van der Waals surface area contributed by atoms with Crippen LogP contribution in [0.3, 0.4) is 0 Å². The molecule has 4 nitrogen and oxygen atoms in total. The number of aromatic amines is 1. The molecule has 0 aliphatic carbocycles. The summed E-state index contributed by atoms with van der Waals surface area (Å²) in [6.45, 7) is 3.81. The van der Waals surface area contributed by atoms with Crippen LogP contribution < -0.4 is 5.32 Å². The smallest absolute Gasteiger partial charge is 0.230 e. The van der Waals surface area contributed by atoms with E-state index in [-0.39, 0.29) is 18.1 Å². The maximum atomic E-state index is 13.4. The highest BCUT2D eigenvalue weighted by molar-refractivity contribution is 5.95. The van der Waals surface area contributed by atoms with Crippen molar-refractivity contribution >= 4 is 22.6 Å². The first kappa shape index (κ1) is 14.3. The highest BCUT2D eigenvalue weighted by atomic mass is 19.1. The van der Waals surface area contributed by atoms with Crippen molar-refractivity contribution in [3.8, 4) is 0 Å². The molecule has 0 aliphatic rings. The van der Waals surface area contributed by atoms with Gasteiger partial charge in [0.2, 0.25) is 5.91 Å². The summed E-state index contributed by atoms with van der Waals surface area (Å²) in [5.41, 5.74) is 3.53. The third kappa shape index (κ3) is 2.83. The number of fused-ring (bicyclic) bond motifs is 1. The van der Waals surface area contributed by atoms with E-state index in [0.29, 0.717) is 5.82 Å². The molecule has 1 amide bonds. The molecular formula is C17H16FN3O. The van der Waals surface area contributed by atoms with E-state index in [1.54, 1.807) is 18.3 Å². The van der Waals surface area contributed by atoms with Gasteiger partial charge in [0.1, 0.15) is 11.6 Å². The summed E-state index contributed by atoms with van der Waals surface area (Å²) in [6, 6.07) is 8.18. The lowest BCUT2D eigenvalue weighted by Gasteiger charge is -2.05. The molecule has 2 N–H and O–H groups in total. The van der Waals surface area contributed by atoms with Crippen molar-refractivity contribution in [2.45, 2.75) is 20.3 Å². The van der Waals surface area contributed by atoms with E-state index in [4.69, 9.17) is 0 Å². The van der Waals surface area contributed by atoms with E-state index in [1.807, 2.05) is 19.9 Å². The number of amides is 1. The van der Waals surface area contributed by atoms with Gasteiger partial charge in [0.25, 0.3) is 0 Å². The molecule has 0 fully saturated rings. The molecule has 0 saturated carbocycles. The number of pyridine rings is 1. The molecular weight excluding hydrogens is 281 g/mol. The molecule has 112 valence electrons. The monoisotopic (exact) mass is 297 g/mol. The molecule has 5 heteroatoms. The minimum atomic E-state index is -0.312. The molecule has 0 spiro atoms. The van der Waals surface area contributed by atoms with E-state index in [9.17, 15) is 9.18 Å². The average Bonchev–Trinajstić information content (AvgIpc) is 2.77. The van der Waals surface area contributed by atoms with Crippen molar-refractivity contribution in [2.75, 3.05) is 5.32 Å². The maximum Gasteiger partial charge on any atom is 0.230 e. The molecule has 3 rings (SSSR count). The van der Waals surface area contributed by atoms with Gasteiger partial charge in [-0.25, -0.2) is 9.37 Å². The fraction of sp³-hybridized carbons (Fsp3) is 0.176. The van der Waals surface area contributed by atoms with Gasteiger partial charge >= 0.3 is 0 Å². The SMILES string of the molecule is Cc1ccc(NC(=O)Cc2c(C)[nH]c3ccc(F)cc23)nc1. The number of H-pyrrole nitrogens is 1. The number of nitrogens with zero attached hydrogens (tertiary/aromatic N) is 1. The van der Waals surface area contributed by atoms with Crippen LogP contribution >= 0.6 is 0 Å². The molecule has 0 aliphatic heterocycles. The predicted octanol–water partition coefficient (Wildman–Crippen LogP) is 3.50. The lowest BCUT2D eigenvalue weighted by molar-refractivity contribution is -0.115. The van der Waals surface area contributed by atoms with Crippen LogP contribution in [0.2, 0.25) is 0 Å². The van der Waals surface area contributed by atoms with E-state index in [1.165, 1.54) is 12.1 Å². The summed E-state index contributed by atoms with van der Waals surface area (Å²) < 4.78 is 13.4. The Morgan fingerprint density at radius 2 is 2.09 bits per heavy atom. The highest BCUT2D eigenvalue weighted by Crippen LogP contribution is 2.23. The van der Waals surface area contributed by atoms with Gasteiger partial charge in [-0.1, -0.05) is 6.07 Å². The molecule has 1 aromatic carbocycles. The summed E-state index contributed by atoms with van der Waals surface area (Å²) in [5.74, 6) is 0.0252. The second kappa shape index (κ2) is 5.60. The summed E-state index contributed by atoms with van der Waals surface area (Å²) in [7, 11) is 0. The number of aromatic nitrogens is 2. The predicted molar refractivity (Wildman–Crippen MR) is 84.3 cm³/mol. The minimum Gasteiger partial charge on any atom is -0.358 e. The first-order valence-electron chi connectivity index (χ1n) is 7.02. The Kier molecular flexibility index (Phi) is 3.63. The van der Waals surface area contributed by atoms with Gasteiger partial charge in [0.05, 0.1) is 6.42 Å². The van der Waals surface area contributed by atoms with Crippen LogP contribution in [-0.2, 0) is 11.2 Å². The lowest BCUT2D eigenvalue weighted by atomic mass is 10.1. The fourth-order valence-corrected chi connectivity index (χ4v) is 2.47. The normalized spacial score (nSPS) is 10.9. The lowest BCUT2D eigenvalue weighted by Crippen LogP contribution is -2.15. The molecule has 2 aromatic heterocycles. The van der Waals surface area contributed by atoms with E-state index < -0.39 is 0 Å². The quantitative estimate of drug-likeness (QED) is 0.777. The van der Waals surface area contributed by atoms with Crippen molar-refractivity contribution in [3.63, 3.8) is 0 Å². The van der Waals surface area contributed by atoms with Gasteiger partial charge in [-0.3, -0.25) is 4.79 Å². The molecule has 2 heterocycles. The van der Waals surface area contributed by atoms with Crippen LogP contribution in [0.25, 0.3) is 10.9 Å². The summed E-state index contributed by atoms with van der Waals surface area (Å²) in [5, 5.41) is 3.50. The Hall–Kier alpha value is -2.69. The molecule has 0 radical (unpaired) electrons. The van der Waals surface area contributed by atoms with Gasteiger partial charge in [-0.05, 0) is 49.2 Å². The fourth-order valence-electron chi connectivity index (χ4n) is 2.47. The second-order valence-corrected chi connectivity index (χ2v) is 5.36. The van der Waals surface area contributed by atoms with Crippen molar-refractivity contribution in [1.82, 2.24) is 9.97 Å². The van der Waals surface area contributed by atoms with Crippen LogP contribution in [-0.4, -0.2) is 15.9 Å². The first-order chi connectivity index (χ1) is 10.5. The third-order valence-electron chi connectivity index (χ3n) is 3.60. The number of aryl methyl sites for hydroxylation is 2. The van der Waals surface area contributed by atoms with Crippen LogP contribution in [0.4, 0.5) is 10.2 Å². The van der Waals surface area contributed by atoms with Gasteiger partial charge < -0.3 is 10.3 Å². The molecule has 0 atom stereocenters. The van der Waals surface area contributed by atoms with Crippen molar-refractivity contribution in [2.24, 2.45) is 0 Å². The van der Waals surface area contributed by atoms with Crippen LogP contribution in [0.15, 0.2) is 36.5 Å². The van der Waals surface area contributed by atoms with Gasteiger partial charge in [0.15, 0.2) is 0 Å². The molecule has 0 saturated heterocycles. The maximum absolute atomic E-state index is 13.4. The number of hydrogen-bond acceptors (Lipinski definition) is 2. The molecule has 0 bridgehead atoms. The molecule has 22 heavy (non-hydrogen) atoms. The largest absolute Gasteiger partial charge is 0.358 e. The van der Waals surface area contributed by atoms with E-state index in [0.717, 1.165) is 27.7 Å². The van der Waals surface area contributed by atoms with Crippen LogP contribution in [0.1, 0.15) is 16.8 Å². The highest BCUT2D eigenvalue weighted by Gasteiger charge is 2.13. The van der Waals surface area contributed by atoms with E-state index >= 15 is 0 Å². The molecule has 3 aromatic rings. The van der Waals surface area contributed by atoms with Gasteiger partial charge in [-0.15, -0.1) is 0 Å². The van der Waals surface area contributed by atoms with Gasteiger partial charge in [0, 0.05) is 22.8 Å². The standard InChI is InChI=1S/C17H16FN3O/c1-10-3-6-16(19-9-10)21-17(22)8-13-11(2)20-15-5-4-12(18)7-14(13)15/h3-7,9,20H,8H2,1-2H3,(H,19,21,22). The molecule has 0 unspecified atom stereocenters. The Labute approximate surface area is 127 Å². The number of carbonyl (C=O) groups is 1. The zero-order valence-corrected chi connectivity index (χ0v) is 12.4. The first-order valence-corrected chi connectivity index (χ1v) is 7.02. The Bertz CT molecular complexity index is 837. The van der Waals surface area contributed by atoms with E-state index in [2.05, 4.69) is 15.3 Å².